The molecule has 0 spiro atoms. The Labute approximate surface area is 83.2 Å². The third kappa shape index (κ3) is 2.44. The molecule has 1 heterocycles. The van der Waals surface area contributed by atoms with Crippen LogP contribution in [0.1, 0.15) is 18.1 Å². The minimum absolute atomic E-state index is 0.394. The van der Waals surface area contributed by atoms with Crippen molar-refractivity contribution in [3.8, 4) is 6.07 Å². The molecule has 4 nitrogen and oxygen atoms in total. The smallest absolute Gasteiger partial charge is 0.144 e. The highest BCUT2D eigenvalue weighted by molar-refractivity contribution is 5.55. The second kappa shape index (κ2) is 4.58. The molecule has 4 heteroatoms. The van der Waals surface area contributed by atoms with E-state index < -0.39 is 6.10 Å². The van der Waals surface area contributed by atoms with E-state index in [1.165, 1.54) is 0 Å². The molecule has 74 valence electrons. The van der Waals surface area contributed by atoms with Gasteiger partial charge < -0.3 is 10.4 Å². The fourth-order valence-electron chi connectivity index (χ4n) is 1.08. The first-order chi connectivity index (χ1) is 6.65. The van der Waals surface area contributed by atoms with Gasteiger partial charge in [-0.3, -0.25) is 0 Å². The number of nitrogens with zero attached hydrogens (tertiary/aromatic N) is 2. The lowest BCUT2D eigenvalue weighted by Gasteiger charge is -2.09. The lowest BCUT2D eigenvalue weighted by Crippen LogP contribution is -2.17. The minimum Gasteiger partial charge on any atom is -0.392 e. The molecule has 0 aliphatic carbocycles. The first-order valence-corrected chi connectivity index (χ1v) is 4.42. The fourth-order valence-corrected chi connectivity index (χ4v) is 1.08. The lowest BCUT2D eigenvalue weighted by atomic mass is 10.1. The van der Waals surface area contributed by atoms with Gasteiger partial charge in [0.1, 0.15) is 11.9 Å². The molecule has 0 radical (unpaired) electrons. The first-order valence-electron chi connectivity index (χ1n) is 4.42. The second-order valence-corrected chi connectivity index (χ2v) is 3.19. The van der Waals surface area contributed by atoms with Gasteiger partial charge >= 0.3 is 0 Å². The first kappa shape index (κ1) is 10.5. The summed E-state index contributed by atoms with van der Waals surface area (Å²) in [4.78, 5) is 4.04. The van der Waals surface area contributed by atoms with Crippen molar-refractivity contribution in [1.29, 1.82) is 5.26 Å². The van der Waals surface area contributed by atoms with Gasteiger partial charge in [0, 0.05) is 12.7 Å². The van der Waals surface area contributed by atoms with Crippen molar-refractivity contribution < 1.29 is 5.11 Å². The molecule has 1 atom stereocenters. The fraction of sp³-hybridized carbons (Fsp3) is 0.400. The van der Waals surface area contributed by atoms with Gasteiger partial charge in [0.25, 0.3) is 0 Å². The van der Waals surface area contributed by atoms with E-state index in [0.717, 1.165) is 5.56 Å². The Hall–Kier alpha value is -1.60. The van der Waals surface area contributed by atoms with E-state index >= 15 is 0 Å². The number of anilines is 1. The van der Waals surface area contributed by atoms with Gasteiger partial charge in [-0.1, -0.05) is 0 Å². The van der Waals surface area contributed by atoms with Gasteiger partial charge in [-0.25, -0.2) is 4.98 Å². The average molecular weight is 191 g/mol. The molecule has 0 bridgehead atoms. The zero-order valence-electron chi connectivity index (χ0n) is 8.28. The molecule has 14 heavy (non-hydrogen) atoms. The van der Waals surface area contributed by atoms with Crippen molar-refractivity contribution >= 4 is 5.82 Å². The molecular formula is C10H13N3O. The molecule has 1 aromatic rings. The van der Waals surface area contributed by atoms with Crippen molar-refractivity contribution in [3.63, 3.8) is 0 Å². The molecule has 1 unspecified atom stereocenters. The highest BCUT2D eigenvalue weighted by atomic mass is 16.3. The predicted molar refractivity (Wildman–Crippen MR) is 53.9 cm³/mol. The van der Waals surface area contributed by atoms with Crippen LogP contribution in [-0.4, -0.2) is 22.7 Å². The number of aromatic nitrogens is 1. The summed E-state index contributed by atoms with van der Waals surface area (Å²) in [7, 11) is 0. The number of nitrogens with one attached hydrogen (secondary N) is 1. The Morgan fingerprint density at radius 2 is 2.43 bits per heavy atom. The standard InChI is InChI=1S/C10H13N3O/c1-7-3-4-12-10(9(7)5-11)13-6-8(2)14/h3-4,8,14H,6H2,1-2H3,(H,12,13). The molecular weight excluding hydrogens is 178 g/mol. The maximum Gasteiger partial charge on any atom is 0.144 e. The monoisotopic (exact) mass is 191 g/mol. The minimum atomic E-state index is -0.455. The van der Waals surface area contributed by atoms with Gasteiger partial charge in [-0.05, 0) is 25.5 Å². The van der Waals surface area contributed by atoms with Gasteiger partial charge in [0.15, 0.2) is 0 Å². The Morgan fingerprint density at radius 1 is 1.71 bits per heavy atom. The molecule has 0 saturated carbocycles. The van der Waals surface area contributed by atoms with Crippen LogP contribution >= 0.6 is 0 Å². The molecule has 0 aliphatic rings. The van der Waals surface area contributed by atoms with E-state index in [2.05, 4.69) is 16.4 Å². The summed E-state index contributed by atoms with van der Waals surface area (Å²) >= 11 is 0. The summed E-state index contributed by atoms with van der Waals surface area (Å²) in [6.07, 6.45) is 1.18. The van der Waals surface area contributed by atoms with Crippen LogP contribution < -0.4 is 5.32 Å². The van der Waals surface area contributed by atoms with Crippen molar-refractivity contribution in [1.82, 2.24) is 4.98 Å². The summed E-state index contributed by atoms with van der Waals surface area (Å²) in [5.41, 5.74) is 1.42. The SMILES string of the molecule is Cc1ccnc(NCC(C)O)c1C#N. The Balaban J connectivity index is 2.87. The van der Waals surface area contributed by atoms with Crippen LogP contribution in [0, 0.1) is 18.3 Å². The summed E-state index contributed by atoms with van der Waals surface area (Å²) in [5, 5.41) is 20.9. The molecule has 0 fully saturated rings. The average Bonchev–Trinajstić information content (AvgIpc) is 2.14. The van der Waals surface area contributed by atoms with Gasteiger partial charge in [0.05, 0.1) is 11.7 Å². The lowest BCUT2D eigenvalue weighted by molar-refractivity contribution is 0.208. The number of pyridine rings is 1. The highest BCUT2D eigenvalue weighted by Crippen LogP contribution is 2.14. The molecule has 0 saturated heterocycles. The maximum absolute atomic E-state index is 9.07. The van der Waals surface area contributed by atoms with Crippen LogP contribution in [-0.2, 0) is 0 Å². The van der Waals surface area contributed by atoms with Crippen molar-refractivity contribution in [3.05, 3.63) is 23.4 Å². The largest absolute Gasteiger partial charge is 0.392 e. The van der Waals surface area contributed by atoms with Crippen LogP contribution in [0.3, 0.4) is 0 Å². The van der Waals surface area contributed by atoms with Gasteiger partial charge in [-0.15, -0.1) is 0 Å². The van der Waals surface area contributed by atoms with Crippen molar-refractivity contribution in [2.24, 2.45) is 0 Å². The number of hydrogen-bond acceptors (Lipinski definition) is 4. The Kier molecular flexibility index (Phi) is 3.43. The van der Waals surface area contributed by atoms with Crippen LogP contribution in [0.5, 0.6) is 0 Å². The summed E-state index contributed by atoms with van der Waals surface area (Å²) in [6.45, 7) is 3.92. The highest BCUT2D eigenvalue weighted by Gasteiger charge is 2.06. The van der Waals surface area contributed by atoms with Crippen LogP contribution in [0.25, 0.3) is 0 Å². The zero-order chi connectivity index (χ0) is 10.6. The van der Waals surface area contributed by atoms with Gasteiger partial charge in [-0.2, -0.15) is 5.26 Å². The molecule has 2 N–H and O–H groups in total. The number of nitriles is 1. The number of aryl methyl sites for hydroxylation is 1. The molecule has 0 amide bonds. The topological polar surface area (TPSA) is 68.9 Å². The zero-order valence-corrected chi connectivity index (χ0v) is 8.28. The van der Waals surface area contributed by atoms with Gasteiger partial charge in [0.2, 0.25) is 0 Å². The summed E-state index contributed by atoms with van der Waals surface area (Å²) < 4.78 is 0. The Bertz CT molecular complexity index is 355. The number of aliphatic hydroxyl groups is 1. The number of rotatable bonds is 3. The number of aliphatic hydroxyl groups excluding tert-OH is 1. The summed E-state index contributed by atoms with van der Waals surface area (Å²) in [6, 6.07) is 3.86. The maximum atomic E-state index is 9.07. The Morgan fingerprint density at radius 3 is 3.00 bits per heavy atom. The van der Waals surface area contributed by atoms with E-state index in [1.54, 1.807) is 19.2 Å². The van der Waals surface area contributed by atoms with E-state index in [1.807, 2.05) is 6.92 Å². The van der Waals surface area contributed by atoms with E-state index in [9.17, 15) is 0 Å². The molecule has 1 aromatic heterocycles. The molecule has 1 rings (SSSR count). The third-order valence-electron chi connectivity index (χ3n) is 1.84. The number of hydrogen-bond donors (Lipinski definition) is 2. The van der Waals surface area contributed by atoms with Crippen LogP contribution in [0.2, 0.25) is 0 Å². The van der Waals surface area contributed by atoms with Crippen molar-refractivity contribution in [2.75, 3.05) is 11.9 Å². The normalized spacial score (nSPS) is 11.9. The van der Waals surface area contributed by atoms with Crippen LogP contribution in [0.4, 0.5) is 5.82 Å². The second-order valence-electron chi connectivity index (χ2n) is 3.19. The van der Waals surface area contributed by atoms with E-state index in [0.29, 0.717) is 17.9 Å². The molecule has 0 aromatic carbocycles. The van der Waals surface area contributed by atoms with Crippen molar-refractivity contribution in [2.45, 2.75) is 20.0 Å². The third-order valence-corrected chi connectivity index (χ3v) is 1.84. The van der Waals surface area contributed by atoms with Crippen LogP contribution in [0.15, 0.2) is 12.3 Å². The molecule has 0 aliphatic heterocycles. The van der Waals surface area contributed by atoms with E-state index in [-0.39, 0.29) is 0 Å². The van der Waals surface area contributed by atoms with E-state index in [4.69, 9.17) is 10.4 Å². The summed E-state index contributed by atoms with van der Waals surface area (Å²) in [5.74, 6) is 0.536. The quantitative estimate of drug-likeness (QED) is 0.749. The predicted octanol–water partition coefficient (Wildman–Crippen LogP) is 1.05.